The lowest BCUT2D eigenvalue weighted by Crippen LogP contribution is -2.45. The first kappa shape index (κ1) is 24.5. The highest BCUT2D eigenvalue weighted by Gasteiger charge is 2.33. The number of rotatable bonds is 8. The van der Waals surface area contributed by atoms with Crippen molar-refractivity contribution >= 4 is 29.2 Å². The molecule has 1 fully saturated rings. The first-order chi connectivity index (χ1) is 16.0. The maximum Gasteiger partial charge on any atom is 0.251 e. The van der Waals surface area contributed by atoms with E-state index in [-0.39, 0.29) is 35.9 Å². The molecule has 1 aliphatic carbocycles. The molecule has 1 aliphatic heterocycles. The van der Waals surface area contributed by atoms with Gasteiger partial charge in [0.05, 0.1) is 0 Å². The Bertz CT molecular complexity index is 1180. The van der Waals surface area contributed by atoms with Crippen LogP contribution in [0.3, 0.4) is 0 Å². The van der Waals surface area contributed by atoms with Gasteiger partial charge < -0.3 is 15.0 Å². The van der Waals surface area contributed by atoms with Crippen LogP contribution >= 0.6 is 12.4 Å². The summed E-state index contributed by atoms with van der Waals surface area (Å²) >= 11 is 0. The van der Waals surface area contributed by atoms with Gasteiger partial charge in [0.15, 0.2) is 11.6 Å². The number of nitrogens with zero attached hydrogens (tertiary/aromatic N) is 1. The summed E-state index contributed by atoms with van der Waals surface area (Å²) in [4.78, 5) is 18.0. The molecule has 0 saturated heterocycles. The Balaban J connectivity index is 0.00000274. The van der Waals surface area contributed by atoms with Crippen LogP contribution in [0.25, 0.3) is 10.9 Å². The number of fused-ring (bicyclic) bond motifs is 2. The van der Waals surface area contributed by atoms with Crippen molar-refractivity contribution in [3.05, 3.63) is 64.9 Å². The van der Waals surface area contributed by atoms with Gasteiger partial charge in [0.25, 0.3) is 5.91 Å². The fourth-order valence-electron chi connectivity index (χ4n) is 4.90. The van der Waals surface area contributed by atoms with E-state index in [4.69, 9.17) is 4.74 Å². The Morgan fingerprint density at radius 3 is 2.82 bits per heavy atom. The summed E-state index contributed by atoms with van der Waals surface area (Å²) in [6.45, 7) is 2.26. The molecule has 1 atom stereocenters. The summed E-state index contributed by atoms with van der Waals surface area (Å²) in [7, 11) is 1.58. The number of amides is 1. The number of nitrogens with one attached hydrogen (secondary N) is 2. The van der Waals surface area contributed by atoms with Crippen molar-refractivity contribution in [1.29, 1.82) is 0 Å². The molecule has 0 spiro atoms. The topological polar surface area (TPSA) is 57.4 Å². The predicted molar refractivity (Wildman–Crippen MR) is 131 cm³/mol. The monoisotopic (exact) mass is 489 g/mol. The highest BCUT2D eigenvalue weighted by Crippen LogP contribution is 2.35. The van der Waals surface area contributed by atoms with Crippen LogP contribution in [0.2, 0.25) is 0 Å². The zero-order valence-corrected chi connectivity index (χ0v) is 20.0. The smallest absolute Gasteiger partial charge is 0.251 e. The Labute approximate surface area is 204 Å². The third-order valence-corrected chi connectivity index (χ3v) is 6.87. The second-order valence-corrected chi connectivity index (χ2v) is 9.20. The van der Waals surface area contributed by atoms with Crippen molar-refractivity contribution in [2.45, 2.75) is 38.1 Å². The van der Waals surface area contributed by atoms with Crippen LogP contribution in [0.1, 0.15) is 40.7 Å². The summed E-state index contributed by atoms with van der Waals surface area (Å²) in [5.74, 6) is 0.0298. The predicted octanol–water partition coefficient (Wildman–Crippen LogP) is 4.88. The fourth-order valence-corrected chi connectivity index (χ4v) is 4.90. The number of halogens is 3. The first-order valence-electron chi connectivity index (χ1n) is 11.7. The van der Waals surface area contributed by atoms with Gasteiger partial charge in [-0.15, -0.1) is 12.4 Å². The Morgan fingerprint density at radius 1 is 1.24 bits per heavy atom. The zero-order valence-electron chi connectivity index (χ0n) is 19.2. The molecule has 5 rings (SSSR count). The molecule has 182 valence electrons. The van der Waals surface area contributed by atoms with Crippen molar-refractivity contribution in [1.82, 2.24) is 15.2 Å². The molecular formula is C26H30ClF2N3O2. The third-order valence-electron chi connectivity index (χ3n) is 6.87. The highest BCUT2D eigenvalue weighted by atomic mass is 35.5. The number of hydrogen-bond acceptors (Lipinski definition) is 3. The number of benzene rings is 2. The lowest BCUT2D eigenvalue weighted by molar-refractivity contribution is 0.0946. The van der Waals surface area contributed by atoms with E-state index in [1.807, 2.05) is 6.20 Å². The van der Waals surface area contributed by atoms with Gasteiger partial charge in [-0.1, -0.05) is 0 Å². The summed E-state index contributed by atoms with van der Waals surface area (Å²) in [6, 6.07) is 7.76. The van der Waals surface area contributed by atoms with Gasteiger partial charge in [0.1, 0.15) is 12.4 Å². The number of ether oxygens (including phenoxy) is 1. The normalized spacial score (nSPS) is 17.2. The van der Waals surface area contributed by atoms with E-state index in [0.29, 0.717) is 30.1 Å². The minimum Gasteiger partial charge on any atom is -0.489 e. The molecule has 2 N–H and O–H groups in total. The van der Waals surface area contributed by atoms with Crippen LogP contribution in [0.15, 0.2) is 36.5 Å². The summed E-state index contributed by atoms with van der Waals surface area (Å²) < 4.78 is 34.0. The third kappa shape index (κ3) is 5.05. The van der Waals surface area contributed by atoms with Crippen LogP contribution in [-0.2, 0) is 12.8 Å². The number of aryl methyl sites for hydroxylation is 1. The number of aromatic nitrogens is 1. The number of carbonyl (C=O) groups is 1. The maximum absolute atomic E-state index is 14.4. The second kappa shape index (κ2) is 10.3. The molecule has 2 aromatic carbocycles. The van der Waals surface area contributed by atoms with Crippen molar-refractivity contribution in [3.63, 3.8) is 0 Å². The van der Waals surface area contributed by atoms with Gasteiger partial charge in [-0.2, -0.15) is 0 Å². The number of H-pyrrole nitrogens is 1. The molecule has 8 heteroatoms. The van der Waals surface area contributed by atoms with Crippen molar-refractivity contribution in [3.8, 4) is 5.75 Å². The van der Waals surface area contributed by atoms with Gasteiger partial charge in [0, 0.05) is 47.9 Å². The molecule has 2 aliphatic rings. The van der Waals surface area contributed by atoms with Gasteiger partial charge in [-0.05, 0) is 80.5 Å². The molecule has 1 amide bonds. The molecule has 5 nitrogen and oxygen atoms in total. The second-order valence-electron chi connectivity index (χ2n) is 9.20. The molecule has 0 radical (unpaired) electrons. The number of aromatic amines is 1. The van der Waals surface area contributed by atoms with E-state index in [9.17, 15) is 13.6 Å². The van der Waals surface area contributed by atoms with Crippen molar-refractivity contribution in [2.24, 2.45) is 5.92 Å². The Kier molecular flexibility index (Phi) is 7.43. The average molecular weight is 490 g/mol. The largest absolute Gasteiger partial charge is 0.489 e. The Hall–Kier alpha value is -2.64. The van der Waals surface area contributed by atoms with Crippen LogP contribution in [0.4, 0.5) is 8.78 Å². The number of carbonyl (C=O) groups excluding carboxylic acids is 1. The molecule has 34 heavy (non-hydrogen) atoms. The van der Waals surface area contributed by atoms with E-state index < -0.39 is 5.82 Å². The lowest BCUT2D eigenvalue weighted by atomic mass is 9.95. The average Bonchev–Trinajstić information content (AvgIpc) is 3.56. The summed E-state index contributed by atoms with van der Waals surface area (Å²) in [5, 5.41) is 3.58. The van der Waals surface area contributed by atoms with E-state index >= 15 is 0 Å². The summed E-state index contributed by atoms with van der Waals surface area (Å²) in [5.41, 5.74) is 3.19. The molecule has 0 bridgehead atoms. The minimum atomic E-state index is -0.420. The zero-order chi connectivity index (χ0) is 22.9. The van der Waals surface area contributed by atoms with Crippen molar-refractivity contribution in [2.75, 3.05) is 26.7 Å². The van der Waals surface area contributed by atoms with Crippen LogP contribution in [0, 0.1) is 17.6 Å². The van der Waals surface area contributed by atoms with E-state index in [2.05, 4.69) is 15.2 Å². The standard InChI is InChI=1S/C26H29F2N3O2.ClH/c1-29-26(32)20-7-8-23(28)25-22(20)12-19(15-33-25)31(14-16-4-5-16)10-2-3-17-13-30-24-9-6-18(27)11-21(17)24;/h6-9,11,13,16,19,30H,2-5,10,12,14-15H2,1H3,(H,29,32);1H. The van der Waals surface area contributed by atoms with Gasteiger partial charge in [0.2, 0.25) is 0 Å². The van der Waals surface area contributed by atoms with Crippen molar-refractivity contribution < 1.29 is 18.3 Å². The molecule has 1 unspecified atom stereocenters. The van der Waals surface area contributed by atoms with E-state index in [1.165, 1.54) is 25.0 Å². The highest BCUT2D eigenvalue weighted by molar-refractivity contribution is 5.96. The fraction of sp³-hybridized carbons (Fsp3) is 0.423. The number of hydrogen-bond donors (Lipinski definition) is 2. The first-order valence-corrected chi connectivity index (χ1v) is 11.7. The molecule has 1 aromatic heterocycles. The lowest BCUT2D eigenvalue weighted by Gasteiger charge is -2.36. The van der Waals surface area contributed by atoms with Crippen LogP contribution in [0.5, 0.6) is 5.75 Å². The van der Waals surface area contributed by atoms with Gasteiger partial charge >= 0.3 is 0 Å². The molecular weight excluding hydrogens is 460 g/mol. The van der Waals surface area contributed by atoms with Gasteiger partial charge in [-0.25, -0.2) is 8.78 Å². The molecule has 2 heterocycles. The van der Waals surface area contributed by atoms with Crippen LogP contribution in [-0.4, -0.2) is 48.6 Å². The SMILES string of the molecule is CNC(=O)c1ccc(F)c2c1CC(N(CCCc1c[nH]c3ccc(F)cc13)CC1CC1)CO2.Cl. The quantitative estimate of drug-likeness (QED) is 0.474. The van der Waals surface area contributed by atoms with E-state index in [0.717, 1.165) is 42.4 Å². The van der Waals surface area contributed by atoms with Crippen LogP contribution < -0.4 is 10.1 Å². The maximum atomic E-state index is 14.4. The summed E-state index contributed by atoms with van der Waals surface area (Å²) in [6.07, 6.45) is 6.79. The Morgan fingerprint density at radius 2 is 2.06 bits per heavy atom. The van der Waals surface area contributed by atoms with E-state index in [1.54, 1.807) is 25.2 Å². The minimum absolute atomic E-state index is 0. The molecule has 3 aromatic rings. The van der Waals surface area contributed by atoms with Gasteiger partial charge in [-0.3, -0.25) is 9.69 Å². The molecule has 1 saturated carbocycles.